The number of anilines is 2. The molecule has 0 spiro atoms. The molecule has 0 unspecified atom stereocenters. The van der Waals surface area contributed by atoms with Gasteiger partial charge in [-0.2, -0.15) is 4.98 Å². The smallest absolute Gasteiger partial charge is 0.263 e. The van der Waals surface area contributed by atoms with E-state index in [4.69, 9.17) is 5.73 Å². The van der Waals surface area contributed by atoms with Crippen LogP contribution in [0.2, 0.25) is 0 Å². The minimum Gasteiger partial charge on any atom is -0.368 e. The number of hydrogen-bond acceptors (Lipinski definition) is 7. The molecule has 0 amide bonds. The van der Waals surface area contributed by atoms with Crippen molar-refractivity contribution >= 4 is 32.7 Å². The molecule has 3 aromatic heterocycles. The molecule has 0 aliphatic heterocycles. The van der Waals surface area contributed by atoms with Gasteiger partial charge in [0.25, 0.3) is 10.0 Å². The Bertz CT molecular complexity index is 1340. The predicted molar refractivity (Wildman–Crippen MR) is 116 cm³/mol. The average molecular weight is 420 g/mol. The number of rotatable bonds is 5. The van der Waals surface area contributed by atoms with Crippen molar-refractivity contribution in [1.82, 2.24) is 19.9 Å². The highest BCUT2D eigenvalue weighted by atomic mass is 32.2. The minimum atomic E-state index is -3.75. The van der Waals surface area contributed by atoms with Crippen molar-refractivity contribution in [1.29, 1.82) is 0 Å². The summed E-state index contributed by atoms with van der Waals surface area (Å²) in [7, 11) is -3.75. The van der Waals surface area contributed by atoms with Crippen molar-refractivity contribution in [2.75, 3.05) is 10.5 Å². The number of sulfonamides is 1. The van der Waals surface area contributed by atoms with Crippen LogP contribution in [0.5, 0.6) is 0 Å². The van der Waals surface area contributed by atoms with Gasteiger partial charge in [-0.05, 0) is 48.7 Å². The van der Waals surface area contributed by atoms with E-state index in [9.17, 15) is 8.42 Å². The van der Waals surface area contributed by atoms with Crippen LogP contribution in [-0.4, -0.2) is 28.4 Å². The highest BCUT2D eigenvalue weighted by Crippen LogP contribution is 2.29. The van der Waals surface area contributed by atoms with Crippen LogP contribution in [0, 0.1) is 6.92 Å². The van der Waals surface area contributed by atoms with E-state index >= 15 is 0 Å². The fourth-order valence-corrected chi connectivity index (χ4v) is 4.26. The van der Waals surface area contributed by atoms with Gasteiger partial charge in [0.05, 0.1) is 11.4 Å². The first-order valence-corrected chi connectivity index (χ1v) is 10.8. The van der Waals surface area contributed by atoms with E-state index in [1.54, 1.807) is 12.3 Å². The zero-order valence-corrected chi connectivity index (χ0v) is 17.3. The van der Waals surface area contributed by atoms with E-state index < -0.39 is 10.0 Å². The first-order valence-electron chi connectivity index (χ1n) is 9.33. The molecule has 1 aromatic carbocycles. The lowest BCUT2D eigenvalue weighted by Gasteiger charge is -2.14. The van der Waals surface area contributed by atoms with E-state index in [0.29, 0.717) is 17.8 Å². The van der Waals surface area contributed by atoms with Gasteiger partial charge in [0.2, 0.25) is 5.95 Å². The Hall–Kier alpha value is -3.59. The Balaban J connectivity index is 1.77. The second kappa shape index (κ2) is 7.68. The Kier molecular flexibility index (Phi) is 5.04. The highest BCUT2D eigenvalue weighted by Gasteiger charge is 2.17. The van der Waals surface area contributed by atoms with Gasteiger partial charge in [0, 0.05) is 29.5 Å². The number of nitrogens with zero attached hydrogens (tertiary/aromatic N) is 4. The zero-order chi connectivity index (χ0) is 21.3. The van der Waals surface area contributed by atoms with Crippen molar-refractivity contribution in [3.05, 3.63) is 66.2 Å². The SMILES string of the molecule is CCc1ccc(-c2cnc3nc(N)nc(C)c3c2)cc1NS(=O)(=O)c1cccnc1. The van der Waals surface area contributed by atoms with Gasteiger partial charge in [-0.3, -0.25) is 9.71 Å². The van der Waals surface area contributed by atoms with Crippen molar-refractivity contribution in [2.45, 2.75) is 25.2 Å². The quantitative estimate of drug-likeness (QED) is 0.507. The number of aryl methyl sites for hydroxylation is 2. The minimum absolute atomic E-state index is 0.107. The standard InChI is InChI=1S/C21H20N6O2S/c1-3-14-6-7-15(10-19(14)27-30(28,29)17-5-4-8-23-12-17)16-9-18-13(2)25-21(22)26-20(18)24-11-16/h4-12,27H,3H2,1-2H3,(H2,22,24,25,26). The van der Waals surface area contributed by atoms with Gasteiger partial charge >= 0.3 is 0 Å². The van der Waals surface area contributed by atoms with E-state index in [1.807, 2.05) is 38.1 Å². The summed E-state index contributed by atoms with van der Waals surface area (Å²) in [6, 6.07) is 10.7. The molecule has 0 saturated heterocycles. The van der Waals surface area contributed by atoms with Gasteiger partial charge in [-0.15, -0.1) is 0 Å². The summed E-state index contributed by atoms with van der Waals surface area (Å²) in [5, 5.41) is 0.791. The second-order valence-corrected chi connectivity index (χ2v) is 8.46. The monoisotopic (exact) mass is 420 g/mol. The van der Waals surface area contributed by atoms with Crippen LogP contribution in [0.25, 0.3) is 22.2 Å². The number of nitrogens with two attached hydrogens (primary N) is 1. The molecule has 4 rings (SSSR count). The Morgan fingerprint density at radius 1 is 1.07 bits per heavy atom. The van der Waals surface area contributed by atoms with E-state index in [-0.39, 0.29) is 10.8 Å². The van der Waals surface area contributed by atoms with Gasteiger partial charge in [-0.1, -0.05) is 19.1 Å². The average Bonchev–Trinajstić information content (AvgIpc) is 2.74. The Labute approximate surface area is 174 Å². The number of aromatic nitrogens is 4. The number of fused-ring (bicyclic) bond motifs is 1. The van der Waals surface area contributed by atoms with Crippen LogP contribution in [0.3, 0.4) is 0 Å². The molecule has 3 N–H and O–H groups in total. The second-order valence-electron chi connectivity index (χ2n) is 6.78. The molecule has 0 fully saturated rings. The fourth-order valence-electron chi connectivity index (χ4n) is 3.21. The summed E-state index contributed by atoms with van der Waals surface area (Å²) in [4.78, 5) is 16.7. The first kappa shape index (κ1) is 19.7. The molecule has 0 aliphatic carbocycles. The lowest BCUT2D eigenvalue weighted by atomic mass is 10.0. The predicted octanol–water partition coefficient (Wildman–Crippen LogP) is 3.34. The largest absolute Gasteiger partial charge is 0.368 e. The van der Waals surface area contributed by atoms with Gasteiger partial charge < -0.3 is 5.73 Å². The number of hydrogen-bond donors (Lipinski definition) is 2. The number of nitrogens with one attached hydrogen (secondary N) is 1. The van der Waals surface area contributed by atoms with Gasteiger partial charge in [-0.25, -0.2) is 18.4 Å². The topological polar surface area (TPSA) is 124 Å². The molecule has 0 saturated carbocycles. The molecule has 8 nitrogen and oxygen atoms in total. The molecular weight excluding hydrogens is 400 g/mol. The molecule has 30 heavy (non-hydrogen) atoms. The maximum absolute atomic E-state index is 12.8. The van der Waals surface area contributed by atoms with Crippen molar-refractivity contribution in [2.24, 2.45) is 0 Å². The molecule has 0 radical (unpaired) electrons. The summed E-state index contributed by atoms with van der Waals surface area (Å²) in [5.41, 5.74) is 9.99. The van der Waals surface area contributed by atoms with Crippen LogP contribution >= 0.6 is 0 Å². The fraction of sp³-hybridized carbons (Fsp3) is 0.143. The molecule has 0 aliphatic rings. The third kappa shape index (κ3) is 3.79. The van der Waals surface area contributed by atoms with E-state index in [1.165, 1.54) is 18.5 Å². The molecule has 152 valence electrons. The van der Waals surface area contributed by atoms with Crippen LogP contribution in [0.1, 0.15) is 18.2 Å². The van der Waals surface area contributed by atoms with Crippen LogP contribution in [-0.2, 0) is 16.4 Å². The third-order valence-electron chi connectivity index (χ3n) is 4.77. The van der Waals surface area contributed by atoms with Crippen molar-refractivity contribution < 1.29 is 8.42 Å². The van der Waals surface area contributed by atoms with Gasteiger partial charge in [0.15, 0.2) is 5.65 Å². The third-order valence-corrected chi connectivity index (χ3v) is 6.12. The molecular formula is C21H20N6O2S. The summed E-state index contributed by atoms with van der Waals surface area (Å²) in [6.07, 6.45) is 5.21. The van der Waals surface area contributed by atoms with Gasteiger partial charge in [0.1, 0.15) is 4.90 Å². The molecule has 9 heteroatoms. The number of benzene rings is 1. The molecule has 0 bridgehead atoms. The first-order chi connectivity index (χ1) is 14.4. The Morgan fingerprint density at radius 3 is 2.63 bits per heavy atom. The summed E-state index contributed by atoms with van der Waals surface area (Å²) in [5.74, 6) is 0.180. The molecule has 0 atom stereocenters. The zero-order valence-electron chi connectivity index (χ0n) is 16.5. The number of nitrogen functional groups attached to an aromatic ring is 1. The normalized spacial score (nSPS) is 11.5. The molecule has 3 heterocycles. The lowest BCUT2D eigenvalue weighted by Crippen LogP contribution is -2.14. The van der Waals surface area contributed by atoms with Crippen molar-refractivity contribution in [3.8, 4) is 11.1 Å². The molecule has 4 aromatic rings. The maximum Gasteiger partial charge on any atom is 0.263 e. The maximum atomic E-state index is 12.8. The van der Waals surface area contributed by atoms with Crippen LogP contribution in [0.15, 0.2) is 59.9 Å². The highest BCUT2D eigenvalue weighted by molar-refractivity contribution is 7.92. The Morgan fingerprint density at radius 2 is 1.90 bits per heavy atom. The van der Waals surface area contributed by atoms with Crippen molar-refractivity contribution in [3.63, 3.8) is 0 Å². The number of pyridine rings is 2. The van der Waals surface area contributed by atoms with E-state index in [0.717, 1.165) is 27.8 Å². The summed E-state index contributed by atoms with van der Waals surface area (Å²) >= 11 is 0. The van der Waals surface area contributed by atoms with Crippen LogP contribution in [0.4, 0.5) is 11.6 Å². The lowest BCUT2D eigenvalue weighted by molar-refractivity contribution is 0.600. The van der Waals surface area contributed by atoms with Crippen LogP contribution < -0.4 is 10.5 Å². The summed E-state index contributed by atoms with van der Waals surface area (Å²) in [6.45, 7) is 3.82. The van der Waals surface area contributed by atoms with E-state index in [2.05, 4.69) is 24.7 Å². The summed E-state index contributed by atoms with van der Waals surface area (Å²) < 4.78 is 28.2.